The van der Waals surface area contributed by atoms with Crippen LogP contribution in [-0.2, 0) is 0 Å². The molecule has 2 aliphatic heterocycles. The van der Waals surface area contributed by atoms with Crippen LogP contribution in [0.15, 0.2) is 16.1 Å². The molecule has 0 aromatic carbocycles. The van der Waals surface area contributed by atoms with Crippen LogP contribution in [0.2, 0.25) is 0 Å². The topological polar surface area (TPSA) is 30.9 Å². The third-order valence-corrected chi connectivity index (χ3v) is 4.36. The van der Waals surface area contributed by atoms with Crippen LogP contribution in [0.3, 0.4) is 0 Å². The van der Waals surface area contributed by atoms with Gasteiger partial charge >= 0.3 is 0 Å². The SMILES string of the molecule is C=C(Br)CN=C(NCC)N1CCC(N2CCCCC2)C1. The molecule has 0 bridgehead atoms. The van der Waals surface area contributed by atoms with E-state index >= 15 is 0 Å². The fourth-order valence-electron chi connectivity index (χ4n) is 3.10. The van der Waals surface area contributed by atoms with E-state index in [0.29, 0.717) is 12.6 Å². The smallest absolute Gasteiger partial charge is 0.194 e. The molecule has 0 aliphatic carbocycles. The maximum Gasteiger partial charge on any atom is 0.194 e. The number of aliphatic imine (C=N–C) groups is 1. The molecule has 2 rings (SSSR count). The molecule has 1 unspecified atom stereocenters. The third kappa shape index (κ3) is 4.48. The Kier molecular flexibility index (Phi) is 6.36. The molecule has 4 nitrogen and oxygen atoms in total. The zero-order valence-corrected chi connectivity index (χ0v) is 14.2. The molecule has 1 N–H and O–H groups in total. The molecule has 0 amide bonds. The molecule has 0 spiro atoms. The van der Waals surface area contributed by atoms with Gasteiger partial charge in [0.1, 0.15) is 0 Å². The van der Waals surface area contributed by atoms with Gasteiger partial charge in [-0.3, -0.25) is 4.90 Å². The van der Waals surface area contributed by atoms with Gasteiger partial charge in [0.05, 0.1) is 6.54 Å². The summed E-state index contributed by atoms with van der Waals surface area (Å²) in [6.07, 6.45) is 5.41. The summed E-state index contributed by atoms with van der Waals surface area (Å²) in [6.45, 7) is 12.3. The summed E-state index contributed by atoms with van der Waals surface area (Å²) in [6, 6.07) is 0.714. The Hall–Kier alpha value is -0.550. The Bertz CT molecular complexity index is 350. The van der Waals surface area contributed by atoms with Crippen LogP contribution in [0.1, 0.15) is 32.6 Å². The van der Waals surface area contributed by atoms with Crippen LogP contribution in [0.4, 0.5) is 0 Å². The minimum atomic E-state index is 0.646. The van der Waals surface area contributed by atoms with Crippen molar-refractivity contribution < 1.29 is 0 Å². The van der Waals surface area contributed by atoms with E-state index < -0.39 is 0 Å². The zero-order chi connectivity index (χ0) is 14.4. The number of nitrogens with zero attached hydrogens (tertiary/aromatic N) is 3. The van der Waals surface area contributed by atoms with E-state index in [0.717, 1.165) is 30.1 Å². The van der Waals surface area contributed by atoms with E-state index in [-0.39, 0.29) is 0 Å². The van der Waals surface area contributed by atoms with E-state index in [2.05, 4.69) is 49.5 Å². The lowest BCUT2D eigenvalue weighted by Crippen LogP contribution is -2.44. The summed E-state index contributed by atoms with van der Waals surface area (Å²) in [5.41, 5.74) is 0. The number of hydrogen-bond donors (Lipinski definition) is 1. The van der Waals surface area contributed by atoms with Crippen molar-refractivity contribution in [3.8, 4) is 0 Å². The predicted octanol–water partition coefficient (Wildman–Crippen LogP) is 2.42. The maximum absolute atomic E-state index is 4.64. The van der Waals surface area contributed by atoms with Gasteiger partial charge in [0.15, 0.2) is 5.96 Å². The van der Waals surface area contributed by atoms with E-state index in [1.165, 1.54) is 38.8 Å². The average molecular weight is 343 g/mol. The second kappa shape index (κ2) is 8.03. The molecule has 2 fully saturated rings. The van der Waals surface area contributed by atoms with E-state index in [4.69, 9.17) is 0 Å². The van der Waals surface area contributed by atoms with Gasteiger partial charge < -0.3 is 10.2 Å². The number of guanidine groups is 1. The van der Waals surface area contributed by atoms with Gasteiger partial charge in [0.25, 0.3) is 0 Å². The molecule has 114 valence electrons. The van der Waals surface area contributed by atoms with Crippen LogP contribution in [0, 0.1) is 0 Å². The molecule has 0 saturated carbocycles. The number of halogens is 1. The molecular formula is C15H27BrN4. The van der Waals surface area contributed by atoms with Crippen LogP contribution >= 0.6 is 15.9 Å². The normalized spacial score (nSPS) is 25.0. The fraction of sp³-hybridized carbons (Fsp3) is 0.800. The molecule has 0 aromatic heterocycles. The highest BCUT2D eigenvalue weighted by Gasteiger charge is 2.29. The number of likely N-dealkylation sites (tertiary alicyclic amines) is 2. The van der Waals surface area contributed by atoms with Gasteiger partial charge in [-0.05, 0) is 39.3 Å². The van der Waals surface area contributed by atoms with E-state index in [1.807, 2.05) is 0 Å². The van der Waals surface area contributed by atoms with Gasteiger partial charge in [0, 0.05) is 30.2 Å². The minimum absolute atomic E-state index is 0.646. The van der Waals surface area contributed by atoms with Crippen molar-refractivity contribution in [3.63, 3.8) is 0 Å². The summed E-state index contributed by atoms with van der Waals surface area (Å²) < 4.78 is 0.930. The van der Waals surface area contributed by atoms with Crippen molar-refractivity contribution in [2.45, 2.75) is 38.6 Å². The summed E-state index contributed by atoms with van der Waals surface area (Å²) in [7, 11) is 0. The standard InChI is InChI=1S/C15H27BrN4/c1-3-17-15(18-11-13(2)16)20-10-7-14(12-20)19-8-5-4-6-9-19/h14H,2-12H2,1H3,(H,17,18). The Morgan fingerprint density at radius 2 is 2.05 bits per heavy atom. The molecular weight excluding hydrogens is 316 g/mol. The van der Waals surface area contributed by atoms with E-state index in [9.17, 15) is 0 Å². The number of piperidine rings is 1. The van der Waals surface area contributed by atoms with Gasteiger partial charge in [-0.2, -0.15) is 0 Å². The highest BCUT2D eigenvalue weighted by Crippen LogP contribution is 2.20. The summed E-state index contributed by atoms with van der Waals surface area (Å²) in [5, 5.41) is 3.40. The average Bonchev–Trinajstić information content (AvgIpc) is 2.94. The molecule has 20 heavy (non-hydrogen) atoms. The first-order chi connectivity index (χ1) is 9.70. The maximum atomic E-state index is 4.64. The summed E-state index contributed by atoms with van der Waals surface area (Å²) in [5.74, 6) is 1.03. The third-order valence-electron chi connectivity index (χ3n) is 4.11. The van der Waals surface area contributed by atoms with Gasteiger partial charge in [0.2, 0.25) is 0 Å². The lowest BCUT2D eigenvalue weighted by molar-refractivity contribution is 0.168. The molecule has 2 saturated heterocycles. The quantitative estimate of drug-likeness (QED) is 0.628. The molecule has 2 aliphatic rings. The van der Waals surface area contributed by atoms with Crippen molar-refractivity contribution in [2.75, 3.05) is 39.3 Å². The van der Waals surface area contributed by atoms with Gasteiger partial charge in [-0.1, -0.05) is 28.9 Å². The molecule has 5 heteroatoms. The van der Waals surface area contributed by atoms with Crippen molar-refractivity contribution in [2.24, 2.45) is 4.99 Å². The monoisotopic (exact) mass is 342 g/mol. The lowest BCUT2D eigenvalue weighted by Gasteiger charge is -2.32. The first-order valence-corrected chi connectivity index (χ1v) is 8.60. The first kappa shape index (κ1) is 15.8. The first-order valence-electron chi connectivity index (χ1n) is 7.81. The van der Waals surface area contributed by atoms with Crippen molar-refractivity contribution in [1.82, 2.24) is 15.1 Å². The second-order valence-electron chi connectivity index (χ2n) is 5.67. The van der Waals surface area contributed by atoms with Crippen molar-refractivity contribution in [1.29, 1.82) is 0 Å². The fourth-order valence-corrected chi connectivity index (χ4v) is 3.23. The van der Waals surface area contributed by atoms with Crippen LogP contribution in [-0.4, -0.2) is 61.1 Å². The van der Waals surface area contributed by atoms with Crippen LogP contribution in [0.25, 0.3) is 0 Å². The zero-order valence-electron chi connectivity index (χ0n) is 12.6. The Morgan fingerprint density at radius 1 is 1.30 bits per heavy atom. The Labute approximate surface area is 131 Å². The number of hydrogen-bond acceptors (Lipinski definition) is 2. The Morgan fingerprint density at radius 3 is 2.70 bits per heavy atom. The molecule has 0 aromatic rings. The highest BCUT2D eigenvalue weighted by atomic mass is 79.9. The summed E-state index contributed by atoms with van der Waals surface area (Å²) >= 11 is 3.38. The largest absolute Gasteiger partial charge is 0.357 e. The predicted molar refractivity (Wildman–Crippen MR) is 89.4 cm³/mol. The molecule has 0 radical (unpaired) electrons. The Balaban J connectivity index is 1.90. The van der Waals surface area contributed by atoms with Gasteiger partial charge in [-0.15, -0.1) is 0 Å². The minimum Gasteiger partial charge on any atom is -0.357 e. The number of rotatable bonds is 4. The van der Waals surface area contributed by atoms with E-state index in [1.54, 1.807) is 0 Å². The highest BCUT2D eigenvalue weighted by molar-refractivity contribution is 9.11. The van der Waals surface area contributed by atoms with Gasteiger partial charge in [-0.25, -0.2) is 4.99 Å². The number of nitrogens with one attached hydrogen (secondary N) is 1. The lowest BCUT2D eigenvalue weighted by atomic mass is 10.1. The summed E-state index contributed by atoms with van der Waals surface area (Å²) in [4.78, 5) is 9.72. The molecule has 2 heterocycles. The van der Waals surface area contributed by atoms with Crippen LogP contribution in [0.5, 0.6) is 0 Å². The second-order valence-corrected chi connectivity index (χ2v) is 6.79. The van der Waals surface area contributed by atoms with Crippen molar-refractivity contribution in [3.05, 3.63) is 11.1 Å². The van der Waals surface area contributed by atoms with Crippen molar-refractivity contribution >= 4 is 21.9 Å². The molecule has 1 atom stereocenters. The van der Waals surface area contributed by atoms with Crippen LogP contribution < -0.4 is 5.32 Å².